The van der Waals surface area contributed by atoms with E-state index >= 15 is 0 Å². The van der Waals surface area contributed by atoms with Gasteiger partial charge in [-0.3, -0.25) is 10.1 Å². The molecule has 5 nitrogen and oxygen atoms in total. The van der Waals surface area contributed by atoms with Crippen molar-refractivity contribution >= 4 is 17.6 Å². The van der Waals surface area contributed by atoms with Gasteiger partial charge < -0.3 is 9.73 Å². The van der Waals surface area contributed by atoms with Crippen LogP contribution in [0, 0.1) is 13.8 Å². The summed E-state index contributed by atoms with van der Waals surface area (Å²) in [7, 11) is 1.77. The maximum absolute atomic E-state index is 12.1. The number of hydrogen-bond donors (Lipinski definition) is 2. The molecule has 1 aromatic heterocycles. The predicted molar refractivity (Wildman–Crippen MR) is 69.9 cm³/mol. The number of anilines is 2. The highest BCUT2D eigenvalue weighted by Gasteiger charge is 2.13. The van der Waals surface area contributed by atoms with Gasteiger partial charge in [0.25, 0.3) is 5.91 Å². The van der Waals surface area contributed by atoms with E-state index in [-0.39, 0.29) is 11.9 Å². The molecule has 2 aromatic rings. The number of amides is 1. The van der Waals surface area contributed by atoms with Crippen LogP contribution >= 0.6 is 0 Å². The second-order valence-electron chi connectivity index (χ2n) is 4.05. The van der Waals surface area contributed by atoms with Gasteiger partial charge in [0.1, 0.15) is 6.26 Å². The van der Waals surface area contributed by atoms with E-state index in [1.165, 1.54) is 6.26 Å². The molecule has 0 saturated carbocycles. The van der Waals surface area contributed by atoms with Crippen molar-refractivity contribution in [1.29, 1.82) is 0 Å². The van der Waals surface area contributed by atoms with E-state index in [2.05, 4.69) is 15.6 Å². The molecule has 1 amide bonds. The van der Waals surface area contributed by atoms with Crippen LogP contribution in [0.3, 0.4) is 0 Å². The Bertz CT molecular complexity index is 575. The van der Waals surface area contributed by atoms with Crippen molar-refractivity contribution in [3.8, 4) is 0 Å². The molecule has 1 aromatic carbocycles. The lowest BCUT2D eigenvalue weighted by Crippen LogP contribution is -2.14. The first-order valence-corrected chi connectivity index (χ1v) is 5.62. The van der Waals surface area contributed by atoms with Gasteiger partial charge in [0.2, 0.25) is 0 Å². The van der Waals surface area contributed by atoms with E-state index in [1.54, 1.807) is 14.0 Å². The molecule has 2 N–H and O–H groups in total. The van der Waals surface area contributed by atoms with Crippen LogP contribution in [0.5, 0.6) is 0 Å². The minimum atomic E-state index is -0.245. The summed E-state index contributed by atoms with van der Waals surface area (Å²) in [6.45, 7) is 3.73. The number of benzene rings is 1. The monoisotopic (exact) mass is 245 g/mol. The first-order chi connectivity index (χ1) is 8.60. The van der Waals surface area contributed by atoms with Crippen LogP contribution in [0.4, 0.5) is 11.7 Å². The quantitative estimate of drug-likeness (QED) is 0.872. The van der Waals surface area contributed by atoms with Crippen molar-refractivity contribution in [1.82, 2.24) is 4.98 Å². The summed E-state index contributed by atoms with van der Waals surface area (Å²) in [6.07, 6.45) is 1.49. The molecule has 0 aliphatic rings. The fourth-order valence-corrected chi connectivity index (χ4v) is 1.64. The highest BCUT2D eigenvalue weighted by Crippen LogP contribution is 2.18. The van der Waals surface area contributed by atoms with Gasteiger partial charge in [-0.25, -0.2) is 0 Å². The van der Waals surface area contributed by atoms with Crippen LogP contribution in [0.2, 0.25) is 0 Å². The first-order valence-electron chi connectivity index (χ1n) is 5.62. The summed E-state index contributed by atoms with van der Waals surface area (Å²) in [6, 6.07) is 5.83. The molecular weight excluding hydrogens is 230 g/mol. The Labute approximate surface area is 105 Å². The Kier molecular flexibility index (Phi) is 3.32. The van der Waals surface area contributed by atoms with Gasteiger partial charge in [0.05, 0.1) is 11.3 Å². The number of nitrogens with zero attached hydrogens (tertiary/aromatic N) is 1. The molecule has 18 heavy (non-hydrogen) atoms. The number of nitrogens with one attached hydrogen (secondary N) is 2. The summed E-state index contributed by atoms with van der Waals surface area (Å²) in [4.78, 5) is 16.1. The van der Waals surface area contributed by atoms with Crippen molar-refractivity contribution in [3.63, 3.8) is 0 Å². The van der Waals surface area contributed by atoms with Crippen molar-refractivity contribution < 1.29 is 9.21 Å². The number of aryl methyl sites for hydroxylation is 2. The van der Waals surface area contributed by atoms with E-state index in [1.807, 2.05) is 25.1 Å². The fraction of sp³-hybridized carbons (Fsp3) is 0.231. The Hall–Kier alpha value is -2.30. The first kappa shape index (κ1) is 12.2. The van der Waals surface area contributed by atoms with Crippen LogP contribution in [-0.4, -0.2) is 17.9 Å². The minimum absolute atomic E-state index is 0.209. The van der Waals surface area contributed by atoms with Crippen molar-refractivity contribution in [2.75, 3.05) is 17.7 Å². The average molecular weight is 245 g/mol. The second kappa shape index (κ2) is 4.91. The Morgan fingerprint density at radius 2 is 2.11 bits per heavy atom. The standard InChI is InChI=1S/C13H15N3O2/c1-8-4-5-11(14-3)10(6-8)12(17)16-13-15-9(2)7-18-13/h4-7,14H,1-3H3,(H,15,16,17). The van der Waals surface area contributed by atoms with Crippen molar-refractivity contribution in [2.45, 2.75) is 13.8 Å². The molecule has 1 heterocycles. The topological polar surface area (TPSA) is 67.2 Å². The normalized spacial score (nSPS) is 10.2. The Morgan fingerprint density at radius 3 is 2.72 bits per heavy atom. The van der Waals surface area contributed by atoms with Gasteiger partial charge in [0.15, 0.2) is 0 Å². The van der Waals surface area contributed by atoms with Crippen LogP contribution in [0.15, 0.2) is 28.9 Å². The summed E-state index contributed by atoms with van der Waals surface area (Å²) >= 11 is 0. The van der Waals surface area contributed by atoms with E-state index in [0.29, 0.717) is 5.56 Å². The highest BCUT2D eigenvalue weighted by atomic mass is 16.4. The second-order valence-corrected chi connectivity index (χ2v) is 4.05. The summed E-state index contributed by atoms with van der Waals surface area (Å²) in [5, 5.41) is 5.61. The molecule has 94 valence electrons. The number of carbonyl (C=O) groups is 1. The molecule has 0 unspecified atom stereocenters. The lowest BCUT2D eigenvalue weighted by Gasteiger charge is -2.08. The van der Waals surface area contributed by atoms with E-state index in [0.717, 1.165) is 16.9 Å². The van der Waals surface area contributed by atoms with Crippen LogP contribution in [-0.2, 0) is 0 Å². The maximum atomic E-state index is 12.1. The van der Waals surface area contributed by atoms with Gasteiger partial charge in [-0.15, -0.1) is 0 Å². The van der Waals surface area contributed by atoms with Crippen LogP contribution in [0.1, 0.15) is 21.6 Å². The summed E-state index contributed by atoms with van der Waals surface area (Å²) < 4.78 is 5.10. The molecule has 0 saturated heterocycles. The van der Waals surface area contributed by atoms with Crippen molar-refractivity contribution in [3.05, 3.63) is 41.3 Å². The number of aromatic nitrogens is 1. The van der Waals surface area contributed by atoms with Gasteiger partial charge >= 0.3 is 6.01 Å². The highest BCUT2D eigenvalue weighted by molar-refractivity contribution is 6.07. The molecule has 0 bridgehead atoms. The summed E-state index contributed by atoms with van der Waals surface area (Å²) in [5.41, 5.74) is 3.07. The molecular formula is C13H15N3O2. The van der Waals surface area contributed by atoms with Crippen molar-refractivity contribution in [2.24, 2.45) is 0 Å². The molecule has 5 heteroatoms. The SMILES string of the molecule is CNc1ccc(C)cc1C(=O)Nc1nc(C)co1. The number of rotatable bonds is 3. The summed E-state index contributed by atoms with van der Waals surface area (Å²) in [5.74, 6) is -0.245. The van der Waals surface area contributed by atoms with Gasteiger partial charge in [-0.1, -0.05) is 11.6 Å². The van der Waals surface area contributed by atoms with Gasteiger partial charge in [-0.2, -0.15) is 4.98 Å². The molecule has 0 aliphatic carbocycles. The van der Waals surface area contributed by atoms with Crippen LogP contribution < -0.4 is 10.6 Å². The molecule has 0 aliphatic heterocycles. The van der Waals surface area contributed by atoms with E-state index in [4.69, 9.17) is 4.42 Å². The lowest BCUT2D eigenvalue weighted by molar-refractivity contribution is 0.102. The third kappa shape index (κ3) is 2.51. The fourth-order valence-electron chi connectivity index (χ4n) is 1.64. The van der Waals surface area contributed by atoms with E-state index < -0.39 is 0 Å². The van der Waals surface area contributed by atoms with Crippen LogP contribution in [0.25, 0.3) is 0 Å². The average Bonchev–Trinajstić information content (AvgIpc) is 2.74. The van der Waals surface area contributed by atoms with Gasteiger partial charge in [-0.05, 0) is 26.0 Å². The molecule has 0 radical (unpaired) electrons. The smallest absolute Gasteiger partial charge is 0.301 e. The number of oxazole rings is 1. The molecule has 2 rings (SSSR count). The molecule has 0 spiro atoms. The Balaban J connectivity index is 2.25. The predicted octanol–water partition coefficient (Wildman–Crippen LogP) is 2.59. The number of hydrogen-bond acceptors (Lipinski definition) is 4. The lowest BCUT2D eigenvalue weighted by atomic mass is 10.1. The zero-order valence-corrected chi connectivity index (χ0v) is 10.6. The number of carbonyl (C=O) groups excluding carboxylic acids is 1. The maximum Gasteiger partial charge on any atom is 0.301 e. The Morgan fingerprint density at radius 1 is 1.33 bits per heavy atom. The van der Waals surface area contributed by atoms with Gasteiger partial charge in [0, 0.05) is 12.7 Å². The zero-order valence-electron chi connectivity index (χ0n) is 10.6. The largest absolute Gasteiger partial charge is 0.432 e. The third-order valence-electron chi connectivity index (χ3n) is 2.53. The molecule has 0 fully saturated rings. The molecule has 0 atom stereocenters. The minimum Gasteiger partial charge on any atom is -0.432 e. The third-order valence-corrected chi connectivity index (χ3v) is 2.53. The zero-order chi connectivity index (χ0) is 13.1. The van der Waals surface area contributed by atoms with E-state index in [9.17, 15) is 4.79 Å².